The zero-order chi connectivity index (χ0) is 10.3. The molecule has 1 fully saturated rings. The SMILES string of the molecule is CNC(c1ccc(Br)o1)C1CC1(C)C. The lowest BCUT2D eigenvalue weighted by Gasteiger charge is -2.15. The van der Waals surface area contributed by atoms with Gasteiger partial charge in [-0.05, 0) is 52.9 Å². The fourth-order valence-corrected chi connectivity index (χ4v) is 2.43. The van der Waals surface area contributed by atoms with Crippen LogP contribution in [0.1, 0.15) is 32.1 Å². The zero-order valence-electron chi connectivity index (χ0n) is 8.80. The molecule has 0 radical (unpaired) electrons. The Balaban J connectivity index is 2.15. The Bertz CT molecular complexity index is 332. The maximum atomic E-state index is 5.59. The van der Waals surface area contributed by atoms with Gasteiger partial charge in [0.05, 0.1) is 6.04 Å². The lowest BCUT2D eigenvalue weighted by Crippen LogP contribution is -2.19. The van der Waals surface area contributed by atoms with Gasteiger partial charge in [0.2, 0.25) is 0 Å². The number of rotatable bonds is 3. The Morgan fingerprint density at radius 3 is 2.57 bits per heavy atom. The molecule has 2 rings (SSSR count). The fraction of sp³-hybridized carbons (Fsp3) is 0.636. The van der Waals surface area contributed by atoms with Crippen LogP contribution < -0.4 is 5.32 Å². The first-order valence-corrected chi connectivity index (χ1v) is 5.76. The average Bonchev–Trinajstić information content (AvgIpc) is 2.56. The first-order valence-electron chi connectivity index (χ1n) is 4.97. The summed E-state index contributed by atoms with van der Waals surface area (Å²) in [6.45, 7) is 4.61. The third kappa shape index (κ3) is 1.75. The Morgan fingerprint density at radius 1 is 1.57 bits per heavy atom. The van der Waals surface area contributed by atoms with Gasteiger partial charge in [0.25, 0.3) is 0 Å². The van der Waals surface area contributed by atoms with E-state index in [1.807, 2.05) is 19.2 Å². The molecule has 1 aromatic rings. The van der Waals surface area contributed by atoms with Crippen molar-refractivity contribution in [3.8, 4) is 0 Å². The minimum atomic E-state index is 0.358. The molecular formula is C11H16BrNO. The van der Waals surface area contributed by atoms with Crippen LogP contribution in [-0.2, 0) is 0 Å². The van der Waals surface area contributed by atoms with Crippen LogP contribution in [0.5, 0.6) is 0 Å². The molecule has 0 spiro atoms. The predicted octanol–water partition coefficient (Wildman–Crippen LogP) is 3.35. The molecule has 1 aliphatic carbocycles. The standard InChI is InChI=1S/C11H16BrNO/c1-11(2)6-7(11)10(13-3)8-4-5-9(12)14-8/h4-5,7,10,13H,6H2,1-3H3. The molecule has 14 heavy (non-hydrogen) atoms. The molecule has 2 atom stereocenters. The molecule has 0 saturated heterocycles. The monoisotopic (exact) mass is 257 g/mol. The van der Waals surface area contributed by atoms with Gasteiger partial charge in [0.15, 0.2) is 4.67 Å². The van der Waals surface area contributed by atoms with E-state index in [2.05, 4.69) is 35.1 Å². The third-order valence-corrected chi connectivity index (χ3v) is 3.63. The van der Waals surface area contributed by atoms with Crippen LogP contribution in [0, 0.1) is 11.3 Å². The van der Waals surface area contributed by atoms with E-state index in [0.717, 1.165) is 10.4 Å². The van der Waals surface area contributed by atoms with E-state index in [1.165, 1.54) is 6.42 Å². The highest BCUT2D eigenvalue weighted by molar-refractivity contribution is 9.10. The van der Waals surface area contributed by atoms with Crippen LogP contribution in [0.3, 0.4) is 0 Å². The first-order chi connectivity index (χ1) is 6.54. The molecule has 0 aromatic carbocycles. The van der Waals surface area contributed by atoms with Crippen molar-refractivity contribution in [1.29, 1.82) is 0 Å². The molecule has 2 unspecified atom stereocenters. The van der Waals surface area contributed by atoms with Gasteiger partial charge in [-0.1, -0.05) is 13.8 Å². The van der Waals surface area contributed by atoms with Gasteiger partial charge >= 0.3 is 0 Å². The lowest BCUT2D eigenvalue weighted by molar-refractivity contribution is 0.360. The molecular weight excluding hydrogens is 242 g/mol. The van der Waals surface area contributed by atoms with Gasteiger partial charge in [0.1, 0.15) is 5.76 Å². The van der Waals surface area contributed by atoms with Gasteiger partial charge < -0.3 is 9.73 Å². The number of furan rings is 1. The number of hydrogen-bond acceptors (Lipinski definition) is 2. The van der Waals surface area contributed by atoms with E-state index < -0.39 is 0 Å². The third-order valence-electron chi connectivity index (χ3n) is 3.20. The highest BCUT2D eigenvalue weighted by Crippen LogP contribution is 2.57. The Hall–Kier alpha value is -0.280. The van der Waals surface area contributed by atoms with E-state index >= 15 is 0 Å². The van der Waals surface area contributed by atoms with Crippen LogP contribution >= 0.6 is 15.9 Å². The summed E-state index contributed by atoms with van der Waals surface area (Å²) in [7, 11) is 2.00. The largest absolute Gasteiger partial charge is 0.453 e. The van der Waals surface area contributed by atoms with Crippen molar-refractivity contribution >= 4 is 15.9 Å². The van der Waals surface area contributed by atoms with Crippen molar-refractivity contribution in [2.24, 2.45) is 11.3 Å². The first kappa shape index (κ1) is 10.2. The topological polar surface area (TPSA) is 25.2 Å². The van der Waals surface area contributed by atoms with Gasteiger partial charge in [-0.25, -0.2) is 0 Å². The van der Waals surface area contributed by atoms with Crippen molar-refractivity contribution in [1.82, 2.24) is 5.32 Å². The van der Waals surface area contributed by atoms with Crippen molar-refractivity contribution in [2.45, 2.75) is 26.3 Å². The Kier molecular flexibility index (Phi) is 2.48. The van der Waals surface area contributed by atoms with Crippen LogP contribution in [0.25, 0.3) is 0 Å². The molecule has 2 nitrogen and oxygen atoms in total. The minimum Gasteiger partial charge on any atom is -0.453 e. The van der Waals surface area contributed by atoms with E-state index in [-0.39, 0.29) is 0 Å². The summed E-state index contributed by atoms with van der Waals surface area (Å²) in [5.74, 6) is 1.74. The molecule has 1 heterocycles. The normalized spacial score (nSPS) is 26.1. The summed E-state index contributed by atoms with van der Waals surface area (Å²) in [6.07, 6.45) is 1.27. The fourth-order valence-electron chi connectivity index (χ4n) is 2.11. The van der Waals surface area contributed by atoms with Crippen molar-refractivity contribution < 1.29 is 4.42 Å². The van der Waals surface area contributed by atoms with Crippen LogP contribution in [-0.4, -0.2) is 7.05 Å². The maximum absolute atomic E-state index is 5.59. The highest BCUT2D eigenvalue weighted by atomic mass is 79.9. The molecule has 0 amide bonds. The Morgan fingerprint density at radius 2 is 2.21 bits per heavy atom. The Labute approximate surface area is 93.2 Å². The molecule has 1 saturated carbocycles. The number of hydrogen-bond donors (Lipinski definition) is 1. The summed E-state index contributed by atoms with van der Waals surface area (Å²) in [6, 6.07) is 4.35. The predicted molar refractivity (Wildman–Crippen MR) is 60.1 cm³/mol. The van der Waals surface area contributed by atoms with Crippen molar-refractivity contribution in [3.63, 3.8) is 0 Å². The number of halogens is 1. The van der Waals surface area contributed by atoms with Gasteiger partial charge in [0, 0.05) is 0 Å². The van der Waals surface area contributed by atoms with Gasteiger partial charge in [-0.15, -0.1) is 0 Å². The quantitative estimate of drug-likeness (QED) is 0.899. The summed E-state index contributed by atoms with van der Waals surface area (Å²) >= 11 is 3.33. The van der Waals surface area contributed by atoms with Crippen LogP contribution in [0.4, 0.5) is 0 Å². The van der Waals surface area contributed by atoms with Crippen LogP contribution in [0.2, 0.25) is 0 Å². The van der Waals surface area contributed by atoms with E-state index in [4.69, 9.17) is 4.42 Å². The number of nitrogens with one attached hydrogen (secondary N) is 1. The molecule has 1 aromatic heterocycles. The molecule has 1 aliphatic rings. The summed E-state index contributed by atoms with van der Waals surface area (Å²) in [5.41, 5.74) is 0.465. The molecule has 78 valence electrons. The average molecular weight is 258 g/mol. The van der Waals surface area contributed by atoms with E-state index in [0.29, 0.717) is 17.4 Å². The van der Waals surface area contributed by atoms with Gasteiger partial charge in [-0.2, -0.15) is 0 Å². The second-order valence-corrected chi connectivity index (χ2v) is 5.49. The molecule has 1 N–H and O–H groups in total. The highest BCUT2D eigenvalue weighted by Gasteiger charge is 2.50. The summed E-state index contributed by atoms with van der Waals surface area (Å²) < 4.78 is 6.40. The molecule has 0 bridgehead atoms. The summed E-state index contributed by atoms with van der Waals surface area (Å²) in [4.78, 5) is 0. The second kappa shape index (κ2) is 3.38. The molecule has 3 heteroatoms. The van der Waals surface area contributed by atoms with Crippen molar-refractivity contribution in [2.75, 3.05) is 7.05 Å². The van der Waals surface area contributed by atoms with E-state index in [9.17, 15) is 0 Å². The molecule has 0 aliphatic heterocycles. The smallest absolute Gasteiger partial charge is 0.169 e. The van der Waals surface area contributed by atoms with Crippen molar-refractivity contribution in [3.05, 3.63) is 22.6 Å². The van der Waals surface area contributed by atoms with E-state index in [1.54, 1.807) is 0 Å². The second-order valence-electron chi connectivity index (χ2n) is 4.71. The minimum absolute atomic E-state index is 0.358. The summed E-state index contributed by atoms with van der Waals surface area (Å²) in [5, 5.41) is 3.33. The zero-order valence-corrected chi connectivity index (χ0v) is 10.4. The maximum Gasteiger partial charge on any atom is 0.169 e. The van der Waals surface area contributed by atoms with Crippen LogP contribution in [0.15, 0.2) is 21.2 Å². The van der Waals surface area contributed by atoms with Gasteiger partial charge in [-0.3, -0.25) is 0 Å². The lowest BCUT2D eigenvalue weighted by atomic mass is 10.0.